The second-order valence-electron chi connectivity index (χ2n) is 7.73. The number of carbonyl (C=O) groups excluding carboxylic acids is 2. The number of benzene rings is 2. The zero-order chi connectivity index (χ0) is 21.8. The number of carboxylic acids is 1. The summed E-state index contributed by atoms with van der Waals surface area (Å²) in [4.78, 5) is 34.4. The fourth-order valence-electron chi connectivity index (χ4n) is 4.01. The van der Waals surface area contributed by atoms with Crippen LogP contribution in [0.5, 0.6) is 11.5 Å². The summed E-state index contributed by atoms with van der Waals surface area (Å²) in [5.74, 6) is -2.03. The lowest BCUT2D eigenvalue weighted by molar-refractivity contribution is -0.151. The summed E-state index contributed by atoms with van der Waals surface area (Å²) >= 11 is 0. The van der Waals surface area contributed by atoms with E-state index in [0.29, 0.717) is 37.0 Å². The van der Waals surface area contributed by atoms with Crippen LogP contribution in [0.1, 0.15) is 59.3 Å². The van der Waals surface area contributed by atoms with Gasteiger partial charge in [-0.15, -0.1) is 0 Å². The average molecular weight is 410 g/mol. The van der Waals surface area contributed by atoms with Crippen LogP contribution in [-0.4, -0.2) is 27.7 Å². The molecule has 3 rings (SSSR count). The van der Waals surface area contributed by atoms with Crippen molar-refractivity contribution in [2.75, 3.05) is 0 Å². The molecule has 2 aromatic rings. The Kier molecular flexibility index (Phi) is 6.55. The molecule has 0 heterocycles. The van der Waals surface area contributed by atoms with Crippen molar-refractivity contribution in [3.63, 3.8) is 0 Å². The molecule has 158 valence electrons. The summed E-state index contributed by atoms with van der Waals surface area (Å²) in [6, 6.07) is 9.08. The molecule has 0 aliphatic heterocycles. The molecular weight excluding hydrogens is 384 g/mol. The van der Waals surface area contributed by atoms with Gasteiger partial charge in [-0.1, -0.05) is 25.5 Å². The fourth-order valence-corrected chi connectivity index (χ4v) is 4.01. The smallest absolute Gasteiger partial charge is 0.372 e. The number of phenolic OH excluding ortho intramolecular Hbond substituents is 1. The lowest BCUT2D eigenvalue weighted by atomic mass is 9.81. The molecule has 30 heavy (non-hydrogen) atoms. The maximum atomic E-state index is 11.7. The van der Waals surface area contributed by atoms with Gasteiger partial charge >= 0.3 is 5.97 Å². The largest absolute Gasteiger partial charge is 0.507 e. The van der Waals surface area contributed by atoms with Crippen LogP contribution in [0.2, 0.25) is 0 Å². The number of aromatic hydroxyl groups is 1. The van der Waals surface area contributed by atoms with E-state index in [9.17, 15) is 19.5 Å². The maximum Gasteiger partial charge on any atom is 0.372 e. The van der Waals surface area contributed by atoms with E-state index in [1.807, 2.05) is 31.2 Å². The first-order valence-corrected chi connectivity index (χ1v) is 10.2. The Morgan fingerprint density at radius 1 is 1.13 bits per heavy atom. The Labute approximate surface area is 175 Å². The number of rotatable bonds is 8. The second kappa shape index (κ2) is 9.11. The van der Waals surface area contributed by atoms with Crippen LogP contribution >= 0.6 is 0 Å². The summed E-state index contributed by atoms with van der Waals surface area (Å²) < 4.78 is 5.96. The van der Waals surface area contributed by atoms with Gasteiger partial charge in [-0.2, -0.15) is 0 Å². The van der Waals surface area contributed by atoms with Gasteiger partial charge in [0.1, 0.15) is 18.1 Å². The van der Waals surface area contributed by atoms with Crippen LogP contribution in [0.15, 0.2) is 30.3 Å². The molecule has 0 fully saturated rings. The van der Waals surface area contributed by atoms with Crippen LogP contribution in [-0.2, 0) is 35.5 Å². The van der Waals surface area contributed by atoms with Crippen molar-refractivity contribution in [2.24, 2.45) is 5.92 Å². The van der Waals surface area contributed by atoms with E-state index in [1.165, 1.54) is 6.92 Å². The van der Waals surface area contributed by atoms with Gasteiger partial charge in [-0.3, -0.25) is 9.59 Å². The normalized spacial score (nSPS) is 15.3. The highest BCUT2D eigenvalue weighted by molar-refractivity contribution is 6.33. The van der Waals surface area contributed by atoms with Crippen molar-refractivity contribution in [3.05, 3.63) is 58.1 Å². The summed E-state index contributed by atoms with van der Waals surface area (Å²) in [5, 5.41) is 19.4. The Balaban J connectivity index is 1.75. The van der Waals surface area contributed by atoms with Crippen LogP contribution in [0.3, 0.4) is 0 Å². The molecule has 2 N–H and O–H groups in total. The van der Waals surface area contributed by atoms with Crippen molar-refractivity contribution in [2.45, 2.75) is 52.6 Å². The number of fused-ring (bicyclic) bond motifs is 1. The van der Waals surface area contributed by atoms with Crippen LogP contribution < -0.4 is 4.74 Å². The molecule has 1 aliphatic rings. The first-order chi connectivity index (χ1) is 14.3. The van der Waals surface area contributed by atoms with E-state index >= 15 is 0 Å². The van der Waals surface area contributed by atoms with Crippen molar-refractivity contribution in [1.29, 1.82) is 0 Å². The topological polar surface area (TPSA) is 101 Å². The molecule has 1 unspecified atom stereocenters. The Hall–Kier alpha value is -3.15. The van der Waals surface area contributed by atoms with E-state index in [0.717, 1.165) is 28.7 Å². The number of aliphatic carboxylic acids is 1. The van der Waals surface area contributed by atoms with Crippen molar-refractivity contribution >= 4 is 17.5 Å². The summed E-state index contributed by atoms with van der Waals surface area (Å²) in [6.45, 7) is 3.71. The van der Waals surface area contributed by atoms with Gasteiger partial charge in [0.05, 0.1) is 5.56 Å². The molecule has 0 amide bonds. The van der Waals surface area contributed by atoms with Gasteiger partial charge in [-0.05, 0) is 67.5 Å². The predicted octanol–water partition coefficient (Wildman–Crippen LogP) is 3.88. The summed E-state index contributed by atoms with van der Waals surface area (Å²) in [7, 11) is 0. The number of hydrogen-bond donors (Lipinski definition) is 2. The molecule has 0 radical (unpaired) electrons. The molecular formula is C24H26O6. The highest BCUT2D eigenvalue weighted by Gasteiger charge is 2.29. The number of hydrogen-bond acceptors (Lipinski definition) is 5. The van der Waals surface area contributed by atoms with E-state index in [2.05, 4.69) is 0 Å². The lowest BCUT2D eigenvalue weighted by Crippen LogP contribution is -2.28. The minimum Gasteiger partial charge on any atom is -0.507 e. The first kappa shape index (κ1) is 21.6. The molecule has 6 nitrogen and oxygen atoms in total. The summed E-state index contributed by atoms with van der Waals surface area (Å²) in [5.41, 5.74) is 3.93. The van der Waals surface area contributed by atoms with E-state index in [4.69, 9.17) is 9.84 Å². The third-order valence-corrected chi connectivity index (χ3v) is 5.64. The maximum absolute atomic E-state index is 11.7. The second-order valence-corrected chi connectivity index (χ2v) is 7.73. The fraction of sp³-hybridized carbons (Fsp3) is 0.375. The molecule has 2 aromatic carbocycles. The van der Waals surface area contributed by atoms with Crippen molar-refractivity contribution < 1.29 is 29.3 Å². The third kappa shape index (κ3) is 4.53. The Bertz CT molecular complexity index is 991. The van der Waals surface area contributed by atoms with Gasteiger partial charge in [0.2, 0.25) is 5.78 Å². The van der Waals surface area contributed by atoms with Gasteiger partial charge in [-0.25, -0.2) is 4.79 Å². The lowest BCUT2D eigenvalue weighted by Gasteiger charge is -2.23. The Morgan fingerprint density at radius 2 is 1.90 bits per heavy atom. The number of carboxylic acid groups (broad SMARTS) is 1. The summed E-state index contributed by atoms with van der Waals surface area (Å²) in [6.07, 6.45) is 3.06. The zero-order valence-electron chi connectivity index (χ0n) is 17.2. The predicted molar refractivity (Wildman–Crippen MR) is 111 cm³/mol. The number of phenols is 1. The number of ketones is 2. The van der Waals surface area contributed by atoms with E-state index in [1.54, 1.807) is 6.07 Å². The van der Waals surface area contributed by atoms with Crippen LogP contribution in [0.25, 0.3) is 0 Å². The van der Waals surface area contributed by atoms with Gasteiger partial charge < -0.3 is 14.9 Å². The number of carbonyl (C=O) groups is 3. The molecule has 6 heteroatoms. The van der Waals surface area contributed by atoms with Gasteiger partial charge in [0.25, 0.3) is 0 Å². The number of Topliss-reactive ketones (excluding diaryl/α,β-unsaturated/α-hetero) is 2. The van der Waals surface area contributed by atoms with Crippen LogP contribution in [0.4, 0.5) is 0 Å². The quantitative estimate of drug-likeness (QED) is 0.506. The highest BCUT2D eigenvalue weighted by atomic mass is 16.5. The third-order valence-electron chi connectivity index (χ3n) is 5.64. The SMILES string of the molecule is CCCc1c(COc2ccc3c(c2)CCC(C(=O)C(=O)O)C3)ccc(C(C)=O)c1O. The zero-order valence-corrected chi connectivity index (χ0v) is 17.2. The van der Waals surface area contributed by atoms with E-state index in [-0.39, 0.29) is 18.1 Å². The minimum atomic E-state index is -1.37. The molecule has 0 spiro atoms. The van der Waals surface area contributed by atoms with E-state index < -0.39 is 17.7 Å². The number of ether oxygens (including phenoxy) is 1. The molecule has 0 aromatic heterocycles. The average Bonchev–Trinajstić information content (AvgIpc) is 2.72. The molecule has 1 aliphatic carbocycles. The van der Waals surface area contributed by atoms with Gasteiger partial charge in [0, 0.05) is 11.5 Å². The standard InChI is InChI=1S/C24H26O6/c1-3-4-21-18(8-10-20(14(2)25)23(21)27)13-30-19-9-7-15-11-17(22(26)24(28)29)6-5-16(15)12-19/h7-10,12,17,27H,3-6,11,13H2,1-2H3,(H,28,29). The van der Waals surface area contributed by atoms with Gasteiger partial charge in [0.15, 0.2) is 5.78 Å². The van der Waals surface area contributed by atoms with Crippen LogP contribution in [0, 0.1) is 5.92 Å². The number of aryl methyl sites for hydroxylation is 1. The Morgan fingerprint density at radius 3 is 2.57 bits per heavy atom. The first-order valence-electron chi connectivity index (χ1n) is 10.2. The highest BCUT2D eigenvalue weighted by Crippen LogP contribution is 2.31. The monoisotopic (exact) mass is 410 g/mol. The minimum absolute atomic E-state index is 0.0324. The molecule has 0 saturated heterocycles. The molecule has 0 bridgehead atoms. The van der Waals surface area contributed by atoms with Crippen molar-refractivity contribution in [1.82, 2.24) is 0 Å². The van der Waals surface area contributed by atoms with Crippen molar-refractivity contribution in [3.8, 4) is 11.5 Å². The molecule has 1 atom stereocenters. The molecule has 0 saturated carbocycles.